The lowest BCUT2D eigenvalue weighted by atomic mass is 10.2. The van der Waals surface area contributed by atoms with Gasteiger partial charge in [-0.15, -0.1) is 0 Å². The lowest BCUT2D eigenvalue weighted by Gasteiger charge is -2.26. The molecule has 1 aliphatic heterocycles. The number of fused-ring (bicyclic) bond motifs is 1. The summed E-state index contributed by atoms with van der Waals surface area (Å²) in [4.78, 5) is 37.7. The van der Waals surface area contributed by atoms with Crippen LogP contribution in [-0.4, -0.2) is 57.9 Å². The first-order valence-corrected chi connectivity index (χ1v) is 9.33. The highest BCUT2D eigenvalue weighted by Crippen LogP contribution is 2.30. The van der Waals surface area contributed by atoms with Gasteiger partial charge in [-0.3, -0.25) is 10.1 Å². The van der Waals surface area contributed by atoms with Crippen molar-refractivity contribution in [2.24, 2.45) is 0 Å². The van der Waals surface area contributed by atoms with E-state index < -0.39 is 24.5 Å². The third kappa shape index (κ3) is 5.63. The van der Waals surface area contributed by atoms with Gasteiger partial charge >= 0.3 is 12.0 Å². The van der Waals surface area contributed by atoms with Crippen LogP contribution in [0.1, 0.15) is 10.4 Å². The number of benzene rings is 2. The molecule has 3 amide bonds. The molecule has 0 radical (unpaired) electrons. The highest BCUT2D eigenvalue weighted by molar-refractivity contribution is 5.97. The Balaban J connectivity index is 1.39. The molecule has 9 heteroatoms. The largest absolute Gasteiger partial charge is 0.486 e. The molecule has 2 aromatic rings. The second-order valence-electron chi connectivity index (χ2n) is 6.78. The van der Waals surface area contributed by atoms with Crippen LogP contribution in [0.3, 0.4) is 0 Å². The molecular weight excluding hydrogens is 390 g/mol. The molecule has 0 saturated heterocycles. The molecule has 0 saturated carbocycles. The highest BCUT2D eigenvalue weighted by Gasteiger charge is 2.21. The maximum atomic E-state index is 12.1. The van der Waals surface area contributed by atoms with Gasteiger partial charge < -0.3 is 24.4 Å². The van der Waals surface area contributed by atoms with Crippen molar-refractivity contribution in [3.05, 3.63) is 54.1 Å². The van der Waals surface area contributed by atoms with Gasteiger partial charge in [-0.05, 0) is 30.3 Å². The van der Waals surface area contributed by atoms with E-state index in [9.17, 15) is 14.4 Å². The second kappa shape index (κ2) is 9.64. The molecule has 0 aromatic heterocycles. The molecule has 0 fully saturated rings. The summed E-state index contributed by atoms with van der Waals surface area (Å²) in [5.74, 6) is -0.153. The molecule has 2 N–H and O–H groups in total. The molecular formula is C21H23N3O6. The fraction of sp³-hybridized carbons (Fsp3) is 0.286. The molecule has 1 heterocycles. The van der Waals surface area contributed by atoms with Crippen molar-refractivity contribution in [1.29, 1.82) is 0 Å². The van der Waals surface area contributed by atoms with Gasteiger partial charge in [0, 0.05) is 19.8 Å². The Hall–Kier alpha value is -3.75. The average molecular weight is 413 g/mol. The van der Waals surface area contributed by atoms with Crippen molar-refractivity contribution in [2.45, 2.75) is 6.10 Å². The number of nitrogens with one attached hydrogen (secondary N) is 2. The van der Waals surface area contributed by atoms with Crippen LogP contribution >= 0.6 is 0 Å². The van der Waals surface area contributed by atoms with Crippen LogP contribution < -0.4 is 25.0 Å². The van der Waals surface area contributed by atoms with Crippen molar-refractivity contribution in [2.75, 3.05) is 38.8 Å². The molecule has 0 spiro atoms. The fourth-order valence-corrected chi connectivity index (χ4v) is 2.70. The molecule has 0 aliphatic carbocycles. The highest BCUT2D eigenvalue weighted by atomic mass is 16.6. The van der Waals surface area contributed by atoms with E-state index in [1.807, 2.05) is 37.2 Å². The van der Waals surface area contributed by atoms with E-state index in [0.717, 1.165) is 5.69 Å². The predicted octanol–water partition coefficient (Wildman–Crippen LogP) is 1.58. The van der Waals surface area contributed by atoms with Gasteiger partial charge in [0.25, 0.3) is 5.91 Å². The van der Waals surface area contributed by atoms with E-state index in [1.54, 1.807) is 30.3 Å². The van der Waals surface area contributed by atoms with Crippen LogP contribution in [0.2, 0.25) is 0 Å². The quantitative estimate of drug-likeness (QED) is 0.693. The summed E-state index contributed by atoms with van der Waals surface area (Å²) in [6, 6.07) is 13.3. The minimum Gasteiger partial charge on any atom is -0.486 e. The number of hydrogen-bond donors (Lipinski definition) is 2. The normalized spacial score (nSPS) is 14.4. The number of nitrogens with zero attached hydrogens (tertiary/aromatic N) is 1. The number of rotatable bonds is 6. The molecule has 1 aliphatic rings. The summed E-state index contributed by atoms with van der Waals surface area (Å²) >= 11 is 0. The fourth-order valence-electron chi connectivity index (χ4n) is 2.70. The average Bonchev–Trinajstić information content (AvgIpc) is 2.76. The van der Waals surface area contributed by atoms with E-state index in [-0.39, 0.29) is 19.3 Å². The van der Waals surface area contributed by atoms with Gasteiger partial charge in [-0.25, -0.2) is 9.59 Å². The summed E-state index contributed by atoms with van der Waals surface area (Å²) in [6.07, 6.45) is -0.387. The molecule has 1 atom stereocenters. The minimum atomic E-state index is -0.740. The smallest absolute Gasteiger partial charge is 0.338 e. The Morgan fingerprint density at radius 2 is 1.87 bits per heavy atom. The number of amides is 3. The maximum Gasteiger partial charge on any atom is 0.338 e. The van der Waals surface area contributed by atoms with E-state index in [2.05, 4.69) is 10.6 Å². The zero-order valence-electron chi connectivity index (χ0n) is 16.7. The number of hydrogen-bond acceptors (Lipinski definition) is 7. The Kier molecular flexibility index (Phi) is 6.74. The first kappa shape index (κ1) is 21.0. The molecule has 0 bridgehead atoms. The van der Waals surface area contributed by atoms with Gasteiger partial charge in [-0.1, -0.05) is 18.2 Å². The van der Waals surface area contributed by atoms with Crippen LogP contribution in [0.15, 0.2) is 48.5 Å². The number of anilines is 1. The number of esters is 1. The summed E-state index contributed by atoms with van der Waals surface area (Å²) in [6.45, 7) is -0.158. The molecule has 9 nitrogen and oxygen atoms in total. The lowest BCUT2D eigenvalue weighted by molar-refractivity contribution is -0.123. The van der Waals surface area contributed by atoms with Crippen LogP contribution in [0.5, 0.6) is 11.5 Å². The summed E-state index contributed by atoms with van der Waals surface area (Å²) in [5, 5.41) is 4.64. The van der Waals surface area contributed by atoms with Crippen LogP contribution in [0, 0.1) is 0 Å². The zero-order valence-corrected chi connectivity index (χ0v) is 16.7. The monoisotopic (exact) mass is 413 g/mol. The predicted molar refractivity (Wildman–Crippen MR) is 109 cm³/mol. The van der Waals surface area contributed by atoms with E-state index in [0.29, 0.717) is 17.1 Å². The van der Waals surface area contributed by atoms with Crippen molar-refractivity contribution in [3.63, 3.8) is 0 Å². The third-order valence-electron chi connectivity index (χ3n) is 4.24. The number of imide groups is 1. The summed E-state index contributed by atoms with van der Waals surface area (Å²) in [5.41, 5.74) is 1.14. The summed E-state index contributed by atoms with van der Waals surface area (Å²) < 4.78 is 16.2. The van der Waals surface area contributed by atoms with Crippen LogP contribution in [0.25, 0.3) is 0 Å². The van der Waals surface area contributed by atoms with Crippen LogP contribution in [0.4, 0.5) is 10.5 Å². The van der Waals surface area contributed by atoms with Crippen molar-refractivity contribution < 1.29 is 28.6 Å². The van der Waals surface area contributed by atoms with Crippen LogP contribution in [-0.2, 0) is 9.53 Å². The van der Waals surface area contributed by atoms with Gasteiger partial charge in [0.2, 0.25) is 0 Å². The van der Waals surface area contributed by atoms with E-state index >= 15 is 0 Å². The van der Waals surface area contributed by atoms with Gasteiger partial charge in [-0.2, -0.15) is 0 Å². The van der Waals surface area contributed by atoms with Crippen molar-refractivity contribution >= 4 is 23.6 Å². The topological polar surface area (TPSA) is 106 Å². The Labute approximate surface area is 173 Å². The SMILES string of the molecule is CN(C)c1cccc(C(=O)OCC(=O)NC(=O)NCC2COc3ccccc3O2)c1. The van der Waals surface area contributed by atoms with E-state index in [4.69, 9.17) is 14.2 Å². The molecule has 2 aromatic carbocycles. The second-order valence-corrected chi connectivity index (χ2v) is 6.78. The van der Waals surface area contributed by atoms with Crippen molar-refractivity contribution in [1.82, 2.24) is 10.6 Å². The van der Waals surface area contributed by atoms with Gasteiger partial charge in [0.05, 0.1) is 12.1 Å². The van der Waals surface area contributed by atoms with E-state index in [1.165, 1.54) is 0 Å². The van der Waals surface area contributed by atoms with Gasteiger partial charge in [0.1, 0.15) is 6.61 Å². The van der Waals surface area contributed by atoms with Gasteiger partial charge in [0.15, 0.2) is 24.2 Å². The maximum absolute atomic E-state index is 12.1. The van der Waals surface area contributed by atoms with Crippen molar-refractivity contribution in [3.8, 4) is 11.5 Å². The first-order chi connectivity index (χ1) is 14.4. The molecule has 1 unspecified atom stereocenters. The number of carbonyl (C=O) groups excluding carboxylic acids is 3. The third-order valence-corrected chi connectivity index (χ3v) is 4.24. The molecule has 30 heavy (non-hydrogen) atoms. The Morgan fingerprint density at radius 1 is 1.10 bits per heavy atom. The summed E-state index contributed by atoms with van der Waals surface area (Å²) in [7, 11) is 3.69. The standard InChI is InChI=1S/C21H23N3O6/c1-24(2)15-7-5-6-14(10-15)20(26)29-13-19(25)23-21(27)22-11-16-12-28-17-8-3-4-9-18(17)30-16/h3-10,16H,11-13H2,1-2H3,(H2,22,23,25,27). The Bertz CT molecular complexity index is 930. The lowest BCUT2D eigenvalue weighted by Crippen LogP contribution is -2.46. The Morgan fingerprint density at radius 3 is 2.63 bits per heavy atom. The molecule has 158 valence electrons. The number of para-hydroxylation sites is 2. The zero-order chi connectivity index (χ0) is 21.5. The number of ether oxygens (including phenoxy) is 3. The first-order valence-electron chi connectivity index (χ1n) is 9.33. The number of carbonyl (C=O) groups is 3. The molecule has 3 rings (SSSR count). The minimum absolute atomic E-state index is 0.143. The number of urea groups is 1.